The number of fused-ring (bicyclic) bond motifs is 1. The Balaban J connectivity index is 1.06. The zero-order valence-corrected chi connectivity index (χ0v) is 23.4. The van der Waals surface area contributed by atoms with Crippen molar-refractivity contribution in [1.29, 1.82) is 0 Å². The minimum atomic E-state index is -0.618. The van der Waals surface area contributed by atoms with Gasteiger partial charge in [-0.1, -0.05) is 44.6 Å². The summed E-state index contributed by atoms with van der Waals surface area (Å²) in [5, 5.41) is 20.4. The fourth-order valence-electron chi connectivity index (χ4n) is 10.9. The summed E-state index contributed by atoms with van der Waals surface area (Å²) in [5.41, 5.74) is 3.82. The number of Topliss-reactive ketones (excluding diaryl/α,β-unsaturated/α-hetero) is 1. The summed E-state index contributed by atoms with van der Waals surface area (Å²) in [6, 6.07) is 0. The van der Waals surface area contributed by atoms with Gasteiger partial charge in [-0.3, -0.25) is 4.79 Å². The third-order valence-corrected chi connectivity index (χ3v) is 12.6. The summed E-state index contributed by atoms with van der Waals surface area (Å²) in [7, 11) is 0. The van der Waals surface area contributed by atoms with Crippen LogP contribution in [0, 0.1) is 46.3 Å². The van der Waals surface area contributed by atoms with E-state index in [0.717, 1.165) is 47.7 Å². The molecule has 7 fully saturated rings. The molecule has 0 aromatic heterocycles. The molecule has 0 spiro atoms. The molecule has 4 bridgehead atoms. The van der Waals surface area contributed by atoms with E-state index >= 15 is 0 Å². The lowest BCUT2D eigenvalue weighted by molar-refractivity contribution is -0.131. The summed E-state index contributed by atoms with van der Waals surface area (Å²) >= 11 is 0. The van der Waals surface area contributed by atoms with Crippen LogP contribution in [-0.2, 0) is 4.79 Å². The van der Waals surface area contributed by atoms with Crippen LogP contribution in [0.5, 0.6) is 0 Å². The minimum Gasteiger partial charge on any atom is -0.393 e. The molecular formula is C34H50O3. The molecular weight excluding hydrogens is 456 g/mol. The highest BCUT2D eigenvalue weighted by molar-refractivity contribution is 5.85. The van der Waals surface area contributed by atoms with Crippen molar-refractivity contribution in [2.75, 3.05) is 0 Å². The van der Waals surface area contributed by atoms with E-state index < -0.39 is 12.2 Å². The maximum absolute atomic E-state index is 13.4. The number of aliphatic hydroxyl groups excluding tert-OH is 2. The van der Waals surface area contributed by atoms with Crippen molar-refractivity contribution in [3.05, 3.63) is 35.5 Å². The van der Waals surface area contributed by atoms with E-state index in [1.165, 1.54) is 70.6 Å². The van der Waals surface area contributed by atoms with Crippen LogP contribution in [0.3, 0.4) is 0 Å². The van der Waals surface area contributed by atoms with Gasteiger partial charge in [0.25, 0.3) is 0 Å². The van der Waals surface area contributed by atoms with Gasteiger partial charge in [0.2, 0.25) is 0 Å². The highest BCUT2D eigenvalue weighted by atomic mass is 16.3. The Morgan fingerprint density at radius 3 is 2.59 bits per heavy atom. The quantitative estimate of drug-likeness (QED) is 0.380. The molecule has 0 heterocycles. The Morgan fingerprint density at radius 1 is 1.11 bits per heavy atom. The zero-order chi connectivity index (χ0) is 25.9. The molecule has 8 atom stereocenters. The lowest BCUT2D eigenvalue weighted by Crippen LogP contribution is -2.36. The SMILES string of the molecule is C=C1/C(=C\C=C2/CCCC3(C)[C@@H]([C@H](C)CCCC(=O)C45CC6CC(C4)C(C6)C5)CC[C@@H]23)C[C@@H](O)C[C@@H]1O. The molecule has 204 valence electrons. The summed E-state index contributed by atoms with van der Waals surface area (Å²) in [5.74, 6) is 5.32. The number of allylic oxidation sites excluding steroid dienone is 3. The van der Waals surface area contributed by atoms with Gasteiger partial charge in [-0.15, -0.1) is 0 Å². The van der Waals surface area contributed by atoms with Gasteiger partial charge >= 0.3 is 0 Å². The van der Waals surface area contributed by atoms with Crippen molar-refractivity contribution < 1.29 is 15.0 Å². The smallest absolute Gasteiger partial charge is 0.139 e. The second-order valence-corrected chi connectivity index (χ2v) is 14.7. The van der Waals surface area contributed by atoms with E-state index in [1.807, 2.05) is 0 Å². The van der Waals surface area contributed by atoms with E-state index in [-0.39, 0.29) is 5.41 Å². The largest absolute Gasteiger partial charge is 0.393 e. The number of carbonyl (C=O) groups is 1. The van der Waals surface area contributed by atoms with Gasteiger partial charge in [0.05, 0.1) is 12.2 Å². The molecule has 3 nitrogen and oxygen atoms in total. The van der Waals surface area contributed by atoms with Gasteiger partial charge < -0.3 is 10.2 Å². The van der Waals surface area contributed by atoms with Crippen LogP contribution in [0.4, 0.5) is 0 Å². The fourth-order valence-corrected chi connectivity index (χ4v) is 10.9. The van der Waals surface area contributed by atoms with Crippen molar-refractivity contribution in [2.45, 2.75) is 122 Å². The maximum atomic E-state index is 13.4. The Kier molecular flexibility index (Phi) is 6.88. The van der Waals surface area contributed by atoms with Crippen LogP contribution < -0.4 is 0 Å². The molecule has 0 saturated heterocycles. The lowest BCUT2D eigenvalue weighted by atomic mass is 9.60. The molecule has 7 saturated carbocycles. The van der Waals surface area contributed by atoms with Gasteiger partial charge in [0, 0.05) is 18.3 Å². The minimum absolute atomic E-state index is 0.0947. The third kappa shape index (κ3) is 4.54. The molecule has 3 heteroatoms. The van der Waals surface area contributed by atoms with E-state index in [4.69, 9.17) is 0 Å². The average molecular weight is 507 g/mol. The molecule has 2 N–H and O–H groups in total. The monoisotopic (exact) mass is 506 g/mol. The lowest BCUT2D eigenvalue weighted by Gasteiger charge is -2.44. The van der Waals surface area contributed by atoms with Crippen molar-refractivity contribution in [3.8, 4) is 0 Å². The molecule has 0 amide bonds. The number of rotatable bonds is 7. The number of hydrogen-bond acceptors (Lipinski definition) is 3. The zero-order valence-electron chi connectivity index (χ0n) is 23.4. The first kappa shape index (κ1) is 26.1. The summed E-state index contributed by atoms with van der Waals surface area (Å²) < 4.78 is 0. The number of hydrogen-bond donors (Lipinski definition) is 2. The number of aliphatic hydroxyl groups is 2. The van der Waals surface area contributed by atoms with Gasteiger partial charge in [0.1, 0.15) is 5.78 Å². The topological polar surface area (TPSA) is 57.5 Å². The van der Waals surface area contributed by atoms with Gasteiger partial charge in [-0.25, -0.2) is 0 Å². The highest BCUT2D eigenvalue weighted by Crippen LogP contribution is 2.65. The third-order valence-electron chi connectivity index (χ3n) is 12.6. The molecule has 0 aromatic rings. The van der Waals surface area contributed by atoms with Crippen molar-refractivity contribution in [3.63, 3.8) is 0 Å². The second kappa shape index (κ2) is 9.77. The maximum Gasteiger partial charge on any atom is 0.139 e. The molecule has 3 unspecified atom stereocenters. The van der Waals surface area contributed by atoms with E-state index in [1.54, 1.807) is 5.57 Å². The van der Waals surface area contributed by atoms with Crippen molar-refractivity contribution in [1.82, 2.24) is 0 Å². The molecule has 7 aliphatic rings. The first-order valence-electron chi connectivity index (χ1n) is 15.7. The molecule has 7 aliphatic carbocycles. The predicted molar refractivity (Wildman–Crippen MR) is 149 cm³/mol. The predicted octanol–water partition coefficient (Wildman–Crippen LogP) is 7.33. The second-order valence-electron chi connectivity index (χ2n) is 14.7. The Labute approximate surface area is 224 Å². The van der Waals surface area contributed by atoms with Crippen molar-refractivity contribution in [2.24, 2.45) is 46.3 Å². The van der Waals surface area contributed by atoms with Gasteiger partial charge in [-0.2, -0.15) is 0 Å². The average Bonchev–Trinajstić information content (AvgIpc) is 3.44. The number of carbonyl (C=O) groups excluding carboxylic acids is 1. The van der Waals surface area contributed by atoms with Crippen LogP contribution in [-0.4, -0.2) is 28.2 Å². The van der Waals surface area contributed by atoms with E-state index in [2.05, 4.69) is 32.6 Å². The fraction of sp³-hybridized carbons (Fsp3) is 0.794. The van der Waals surface area contributed by atoms with Crippen molar-refractivity contribution >= 4 is 5.78 Å². The van der Waals surface area contributed by atoms with Crippen LogP contribution in [0.15, 0.2) is 35.5 Å². The number of ketones is 1. The summed E-state index contributed by atoms with van der Waals surface area (Å²) in [4.78, 5) is 13.4. The normalized spacial score (nSPS) is 47.7. The molecule has 7 rings (SSSR count). The first-order chi connectivity index (χ1) is 17.7. The molecule has 0 aliphatic heterocycles. The van der Waals surface area contributed by atoms with Gasteiger partial charge in [-0.05, 0) is 129 Å². The van der Waals surface area contributed by atoms with E-state index in [9.17, 15) is 15.0 Å². The Morgan fingerprint density at radius 2 is 1.86 bits per heavy atom. The standard InChI is InChI=1S/C34H50O3/c1-21(6-4-8-32(37)34-18-23-14-26(19-34)27(15-23)20-34)29-11-12-30-24(7-5-13-33(29,30)3)9-10-25-16-28(35)17-31(36)22(25)2/h9-10,21,23,26-31,35-36H,2,4-8,11-20H2,1,3H3/b24-9+,25-10-/t21-,23?,26?,27?,28-,29-,30+,31+,33?,34?/m1/s1. The van der Waals surface area contributed by atoms with E-state index in [0.29, 0.717) is 35.9 Å². The van der Waals surface area contributed by atoms with Crippen LogP contribution in [0.2, 0.25) is 0 Å². The molecule has 37 heavy (non-hydrogen) atoms. The van der Waals surface area contributed by atoms with Crippen LogP contribution in [0.25, 0.3) is 0 Å². The first-order valence-corrected chi connectivity index (χ1v) is 15.7. The Bertz CT molecular complexity index is 970. The molecule has 0 radical (unpaired) electrons. The Hall–Kier alpha value is -1.19. The molecule has 0 aromatic carbocycles. The highest BCUT2D eigenvalue weighted by Gasteiger charge is 2.58. The van der Waals surface area contributed by atoms with Crippen LogP contribution in [0.1, 0.15) is 110 Å². The van der Waals surface area contributed by atoms with Gasteiger partial charge in [0.15, 0.2) is 0 Å². The van der Waals surface area contributed by atoms with Crippen LogP contribution >= 0.6 is 0 Å². The summed E-state index contributed by atoms with van der Waals surface area (Å²) in [6.07, 6.45) is 20.3. The summed E-state index contributed by atoms with van der Waals surface area (Å²) in [6.45, 7) is 9.12.